The smallest absolute Gasteiger partial charge is 0.315 e. The van der Waals surface area contributed by atoms with E-state index < -0.39 is 0 Å². The van der Waals surface area contributed by atoms with Gasteiger partial charge in [-0.2, -0.15) is 0 Å². The van der Waals surface area contributed by atoms with E-state index in [2.05, 4.69) is 15.5 Å². The fraction of sp³-hybridized carbons (Fsp3) is 0.619. The van der Waals surface area contributed by atoms with Crippen LogP contribution in [0.1, 0.15) is 50.5 Å². The monoisotopic (exact) mass is 389 g/mol. The minimum Gasteiger partial charge on any atom is -0.342 e. The first kappa shape index (κ1) is 18.6. The number of piperidine rings is 1. The highest BCUT2D eigenvalue weighted by Gasteiger charge is 2.53. The lowest BCUT2D eigenvalue weighted by atomic mass is 9.50. The molecule has 146 valence electrons. The summed E-state index contributed by atoms with van der Waals surface area (Å²) in [7, 11) is 0. The number of halogens is 1. The van der Waals surface area contributed by atoms with Crippen molar-refractivity contribution in [1.82, 2.24) is 15.5 Å². The SMILES string of the molecule is O=C(NCc1ccc(Cl)cc1)NC1CC2(CC(CN3CCCCC3=O)C2)C1. The quantitative estimate of drug-likeness (QED) is 0.806. The molecule has 0 unspecified atom stereocenters. The Labute approximate surface area is 165 Å². The molecule has 27 heavy (non-hydrogen) atoms. The van der Waals surface area contributed by atoms with Crippen LogP contribution in [0.2, 0.25) is 5.02 Å². The first-order valence-corrected chi connectivity index (χ1v) is 10.5. The topological polar surface area (TPSA) is 61.4 Å². The Hall–Kier alpha value is -1.75. The normalized spacial score (nSPS) is 29.8. The van der Waals surface area contributed by atoms with Gasteiger partial charge in [0.25, 0.3) is 0 Å². The summed E-state index contributed by atoms with van der Waals surface area (Å²) in [6.07, 6.45) is 7.51. The fourth-order valence-electron chi connectivity index (χ4n) is 5.10. The van der Waals surface area contributed by atoms with Crippen LogP contribution >= 0.6 is 11.6 Å². The van der Waals surface area contributed by atoms with Crippen molar-refractivity contribution in [3.8, 4) is 0 Å². The summed E-state index contributed by atoms with van der Waals surface area (Å²) in [4.78, 5) is 26.1. The Kier molecular flexibility index (Phi) is 5.31. The molecule has 0 aromatic heterocycles. The van der Waals surface area contributed by atoms with E-state index in [0.717, 1.165) is 50.8 Å². The molecule has 1 heterocycles. The zero-order valence-corrected chi connectivity index (χ0v) is 16.4. The molecule has 3 fully saturated rings. The van der Waals surface area contributed by atoms with E-state index >= 15 is 0 Å². The number of hydrogen-bond donors (Lipinski definition) is 2. The van der Waals surface area contributed by atoms with Gasteiger partial charge in [0.05, 0.1) is 0 Å². The highest BCUT2D eigenvalue weighted by atomic mass is 35.5. The highest BCUT2D eigenvalue weighted by Crippen LogP contribution is 2.58. The fourth-order valence-corrected chi connectivity index (χ4v) is 5.23. The van der Waals surface area contributed by atoms with E-state index in [0.29, 0.717) is 28.8 Å². The van der Waals surface area contributed by atoms with Crippen molar-refractivity contribution in [1.29, 1.82) is 0 Å². The molecule has 1 aromatic carbocycles. The maximum atomic E-state index is 12.1. The molecule has 2 N–H and O–H groups in total. The average molecular weight is 390 g/mol. The third-order valence-corrected chi connectivity index (χ3v) is 6.66. The van der Waals surface area contributed by atoms with Crippen LogP contribution in [0.3, 0.4) is 0 Å². The maximum absolute atomic E-state index is 12.1. The molecule has 1 spiro atoms. The Bertz CT molecular complexity index is 692. The van der Waals surface area contributed by atoms with Crippen molar-refractivity contribution in [2.75, 3.05) is 13.1 Å². The van der Waals surface area contributed by atoms with E-state index in [9.17, 15) is 9.59 Å². The molecule has 1 aliphatic heterocycles. The molecule has 0 bridgehead atoms. The van der Waals surface area contributed by atoms with Gasteiger partial charge in [-0.15, -0.1) is 0 Å². The summed E-state index contributed by atoms with van der Waals surface area (Å²) in [5.74, 6) is 0.999. The van der Waals surface area contributed by atoms with Crippen molar-refractivity contribution in [2.24, 2.45) is 11.3 Å². The van der Waals surface area contributed by atoms with Gasteiger partial charge in [-0.25, -0.2) is 4.79 Å². The van der Waals surface area contributed by atoms with E-state index in [-0.39, 0.29) is 12.1 Å². The van der Waals surface area contributed by atoms with Crippen LogP contribution in [0.5, 0.6) is 0 Å². The minimum atomic E-state index is -0.0976. The van der Waals surface area contributed by atoms with Gasteiger partial charge < -0.3 is 15.5 Å². The second-order valence-electron chi connectivity index (χ2n) is 8.63. The number of rotatable bonds is 5. The molecule has 2 aliphatic carbocycles. The summed E-state index contributed by atoms with van der Waals surface area (Å²) in [5, 5.41) is 6.70. The summed E-state index contributed by atoms with van der Waals surface area (Å²) < 4.78 is 0. The van der Waals surface area contributed by atoms with Gasteiger partial charge in [0.2, 0.25) is 5.91 Å². The van der Waals surface area contributed by atoms with Crippen LogP contribution in [-0.4, -0.2) is 36.0 Å². The van der Waals surface area contributed by atoms with Crippen molar-refractivity contribution < 1.29 is 9.59 Å². The average Bonchev–Trinajstić information content (AvgIpc) is 2.59. The summed E-state index contributed by atoms with van der Waals surface area (Å²) >= 11 is 5.87. The number of carbonyl (C=O) groups excluding carboxylic acids is 2. The molecule has 1 saturated heterocycles. The molecule has 3 aliphatic rings. The van der Waals surface area contributed by atoms with Crippen molar-refractivity contribution in [2.45, 2.75) is 57.5 Å². The Morgan fingerprint density at radius 2 is 1.89 bits per heavy atom. The second kappa shape index (κ2) is 7.70. The van der Waals surface area contributed by atoms with Crippen LogP contribution in [0.15, 0.2) is 24.3 Å². The Morgan fingerprint density at radius 1 is 1.15 bits per heavy atom. The van der Waals surface area contributed by atoms with Gasteiger partial charge in [0.1, 0.15) is 0 Å². The number of amides is 3. The zero-order chi connectivity index (χ0) is 18.9. The number of carbonyl (C=O) groups is 2. The van der Waals surface area contributed by atoms with Gasteiger partial charge in [0.15, 0.2) is 0 Å². The zero-order valence-electron chi connectivity index (χ0n) is 15.7. The molecule has 2 saturated carbocycles. The van der Waals surface area contributed by atoms with Gasteiger partial charge in [0, 0.05) is 37.1 Å². The van der Waals surface area contributed by atoms with Gasteiger partial charge in [-0.05, 0) is 67.6 Å². The van der Waals surface area contributed by atoms with E-state index in [1.807, 2.05) is 24.3 Å². The second-order valence-corrected chi connectivity index (χ2v) is 9.07. The Morgan fingerprint density at radius 3 is 2.59 bits per heavy atom. The van der Waals surface area contributed by atoms with Crippen molar-refractivity contribution in [3.63, 3.8) is 0 Å². The van der Waals surface area contributed by atoms with Crippen molar-refractivity contribution >= 4 is 23.5 Å². The van der Waals surface area contributed by atoms with Gasteiger partial charge in [-0.3, -0.25) is 4.79 Å². The molecular formula is C21H28ClN3O2. The summed E-state index contributed by atoms with van der Waals surface area (Å²) in [6, 6.07) is 7.69. The summed E-state index contributed by atoms with van der Waals surface area (Å²) in [6.45, 7) is 2.40. The van der Waals surface area contributed by atoms with Gasteiger partial charge in [-0.1, -0.05) is 23.7 Å². The molecule has 0 radical (unpaired) electrons. The van der Waals surface area contributed by atoms with E-state index in [1.54, 1.807) is 0 Å². The van der Waals surface area contributed by atoms with Gasteiger partial charge >= 0.3 is 6.03 Å². The molecule has 3 amide bonds. The summed E-state index contributed by atoms with van der Waals surface area (Å²) in [5.41, 5.74) is 1.46. The largest absolute Gasteiger partial charge is 0.342 e. The number of hydrogen-bond acceptors (Lipinski definition) is 2. The highest BCUT2D eigenvalue weighted by molar-refractivity contribution is 6.30. The number of nitrogens with one attached hydrogen (secondary N) is 2. The van der Waals surface area contributed by atoms with Crippen molar-refractivity contribution in [3.05, 3.63) is 34.9 Å². The maximum Gasteiger partial charge on any atom is 0.315 e. The van der Waals surface area contributed by atoms with Crippen LogP contribution in [-0.2, 0) is 11.3 Å². The first-order chi connectivity index (χ1) is 13.0. The van der Waals surface area contributed by atoms with Crippen LogP contribution < -0.4 is 10.6 Å². The number of nitrogens with zero attached hydrogens (tertiary/aromatic N) is 1. The molecule has 0 atom stereocenters. The predicted octanol–water partition coefficient (Wildman–Crippen LogP) is 3.71. The molecular weight excluding hydrogens is 362 g/mol. The number of likely N-dealkylation sites (tertiary alicyclic amines) is 1. The molecule has 5 nitrogen and oxygen atoms in total. The lowest BCUT2D eigenvalue weighted by Gasteiger charge is -2.58. The molecule has 1 aromatic rings. The van der Waals surface area contributed by atoms with E-state index in [1.165, 1.54) is 12.8 Å². The molecule has 4 rings (SSSR count). The molecule has 6 heteroatoms. The Balaban J connectivity index is 1.13. The lowest BCUT2D eigenvalue weighted by Crippen LogP contribution is -2.59. The van der Waals surface area contributed by atoms with Crippen LogP contribution in [0.25, 0.3) is 0 Å². The third kappa shape index (κ3) is 4.40. The standard InChI is InChI=1S/C21H28ClN3O2/c22-17-6-4-15(5-7-17)13-23-20(27)24-18-11-21(12-18)9-16(10-21)14-25-8-2-1-3-19(25)26/h4-7,16,18H,1-3,8-14H2,(H2,23,24,27). The minimum absolute atomic E-state index is 0.0976. The van der Waals surface area contributed by atoms with Crippen LogP contribution in [0.4, 0.5) is 4.79 Å². The predicted molar refractivity (Wildman–Crippen MR) is 105 cm³/mol. The first-order valence-electron chi connectivity index (χ1n) is 10.1. The number of benzene rings is 1. The van der Waals surface area contributed by atoms with E-state index in [4.69, 9.17) is 11.6 Å². The lowest BCUT2D eigenvalue weighted by molar-refractivity contribution is -0.136. The third-order valence-electron chi connectivity index (χ3n) is 6.40. The number of urea groups is 1. The van der Waals surface area contributed by atoms with Crippen LogP contribution in [0, 0.1) is 11.3 Å².